The number of phenols is 2. The van der Waals surface area contributed by atoms with Gasteiger partial charge in [0.1, 0.15) is 11.5 Å². The lowest BCUT2D eigenvalue weighted by molar-refractivity contribution is 0.102. The zero-order valence-electron chi connectivity index (χ0n) is 12.3. The molecular formula is C16H13N3O4S. The molecule has 0 atom stereocenters. The predicted octanol–water partition coefficient (Wildman–Crippen LogP) is 2.36. The van der Waals surface area contributed by atoms with E-state index < -0.39 is 0 Å². The van der Waals surface area contributed by atoms with Gasteiger partial charge in [0.15, 0.2) is 5.13 Å². The zero-order valence-corrected chi connectivity index (χ0v) is 13.1. The first-order chi connectivity index (χ1) is 11.6. The number of benzene rings is 1. The third-order valence-electron chi connectivity index (χ3n) is 3.23. The molecule has 7 nitrogen and oxygen atoms in total. The Kier molecular flexibility index (Phi) is 4.41. The molecule has 0 aliphatic carbocycles. The molecule has 3 rings (SSSR count). The van der Waals surface area contributed by atoms with Gasteiger partial charge in [0, 0.05) is 23.2 Å². The number of hydrogen-bond donors (Lipinski definition) is 4. The number of carbonyl (C=O) groups excluding carboxylic acids is 1. The van der Waals surface area contributed by atoms with Crippen molar-refractivity contribution in [3.63, 3.8) is 0 Å². The zero-order chi connectivity index (χ0) is 17.1. The van der Waals surface area contributed by atoms with E-state index in [1.165, 1.54) is 29.7 Å². The van der Waals surface area contributed by atoms with E-state index in [2.05, 4.69) is 15.3 Å². The molecule has 0 fully saturated rings. The number of amides is 1. The van der Waals surface area contributed by atoms with Gasteiger partial charge in [0.05, 0.1) is 23.6 Å². The molecule has 2 heterocycles. The fourth-order valence-corrected chi connectivity index (χ4v) is 2.72. The summed E-state index contributed by atoms with van der Waals surface area (Å²) in [7, 11) is 0. The van der Waals surface area contributed by atoms with Gasteiger partial charge in [-0.05, 0) is 24.3 Å². The Morgan fingerprint density at radius 3 is 2.71 bits per heavy atom. The monoisotopic (exact) mass is 343 g/mol. The topological polar surface area (TPSA) is 116 Å². The second-order valence-corrected chi connectivity index (χ2v) is 5.75. The van der Waals surface area contributed by atoms with Crippen molar-refractivity contribution in [3.8, 4) is 22.8 Å². The molecule has 0 unspecified atom stereocenters. The summed E-state index contributed by atoms with van der Waals surface area (Å²) in [5, 5.41) is 32.8. The number of carbonyl (C=O) groups is 1. The van der Waals surface area contributed by atoms with Crippen molar-refractivity contribution in [2.75, 3.05) is 5.32 Å². The van der Waals surface area contributed by atoms with Crippen molar-refractivity contribution in [1.82, 2.24) is 9.97 Å². The summed E-state index contributed by atoms with van der Waals surface area (Å²) < 4.78 is 0. The lowest BCUT2D eigenvalue weighted by Crippen LogP contribution is -2.12. The van der Waals surface area contributed by atoms with Crippen molar-refractivity contribution >= 4 is 22.4 Å². The van der Waals surface area contributed by atoms with Crippen LogP contribution in [-0.2, 0) is 6.61 Å². The minimum atomic E-state index is -0.372. The number of aliphatic hydroxyl groups is 1. The Morgan fingerprint density at radius 2 is 2.04 bits per heavy atom. The number of aromatic hydroxyl groups is 2. The number of nitrogens with zero attached hydrogens (tertiary/aromatic N) is 2. The standard InChI is InChI=1S/C16H13N3O4S/c20-7-10-2-1-9(6-17-10)15(23)19-16-18-13(8-24-16)12-4-3-11(21)5-14(12)22/h1-6,8,20-22H,7H2,(H,18,19,23). The number of nitrogens with one attached hydrogen (secondary N) is 1. The smallest absolute Gasteiger partial charge is 0.259 e. The highest BCUT2D eigenvalue weighted by molar-refractivity contribution is 7.14. The summed E-state index contributed by atoms with van der Waals surface area (Å²) in [4.78, 5) is 20.3. The minimum absolute atomic E-state index is 0.0427. The summed E-state index contributed by atoms with van der Waals surface area (Å²) in [5.41, 5.74) is 1.77. The molecular weight excluding hydrogens is 330 g/mol. The Hall–Kier alpha value is -2.97. The van der Waals surface area contributed by atoms with E-state index in [1.807, 2.05) is 0 Å². The number of phenolic OH excluding ortho intramolecular Hbond substituents is 2. The van der Waals surface area contributed by atoms with Gasteiger partial charge < -0.3 is 15.3 Å². The lowest BCUT2D eigenvalue weighted by Gasteiger charge is -2.03. The third kappa shape index (κ3) is 3.34. The van der Waals surface area contributed by atoms with Gasteiger partial charge in [-0.25, -0.2) is 4.98 Å². The number of aliphatic hydroxyl groups excluding tert-OH is 1. The quantitative estimate of drug-likeness (QED) is 0.578. The largest absolute Gasteiger partial charge is 0.508 e. The van der Waals surface area contributed by atoms with Crippen LogP contribution in [0.2, 0.25) is 0 Å². The van der Waals surface area contributed by atoms with Crippen molar-refractivity contribution in [3.05, 3.63) is 53.2 Å². The first kappa shape index (κ1) is 15.9. The van der Waals surface area contributed by atoms with Gasteiger partial charge >= 0.3 is 0 Å². The van der Waals surface area contributed by atoms with Crippen LogP contribution >= 0.6 is 11.3 Å². The number of pyridine rings is 1. The normalized spacial score (nSPS) is 10.5. The highest BCUT2D eigenvalue weighted by Gasteiger charge is 2.12. The maximum Gasteiger partial charge on any atom is 0.259 e. The van der Waals surface area contributed by atoms with Gasteiger partial charge in [-0.2, -0.15) is 0 Å². The minimum Gasteiger partial charge on any atom is -0.508 e. The van der Waals surface area contributed by atoms with Gasteiger partial charge in [0.25, 0.3) is 5.91 Å². The maximum atomic E-state index is 12.1. The Balaban J connectivity index is 1.76. The Bertz CT molecular complexity index is 877. The van der Waals surface area contributed by atoms with Crippen LogP contribution < -0.4 is 5.32 Å². The summed E-state index contributed by atoms with van der Waals surface area (Å²) in [6, 6.07) is 7.34. The molecule has 4 N–H and O–H groups in total. The van der Waals surface area contributed by atoms with Gasteiger partial charge in [-0.1, -0.05) is 0 Å². The molecule has 0 saturated carbocycles. The van der Waals surface area contributed by atoms with E-state index in [0.29, 0.717) is 27.6 Å². The van der Waals surface area contributed by atoms with Crippen LogP contribution in [0.1, 0.15) is 16.1 Å². The maximum absolute atomic E-state index is 12.1. The number of rotatable bonds is 4. The van der Waals surface area contributed by atoms with E-state index in [4.69, 9.17) is 5.11 Å². The Morgan fingerprint density at radius 1 is 1.21 bits per heavy atom. The van der Waals surface area contributed by atoms with Crippen LogP contribution in [0.15, 0.2) is 41.9 Å². The van der Waals surface area contributed by atoms with Crippen LogP contribution in [0.3, 0.4) is 0 Å². The molecule has 0 bridgehead atoms. The molecule has 0 spiro atoms. The van der Waals surface area contributed by atoms with E-state index in [9.17, 15) is 15.0 Å². The van der Waals surface area contributed by atoms with Crippen LogP contribution in [0.5, 0.6) is 11.5 Å². The fraction of sp³-hybridized carbons (Fsp3) is 0.0625. The molecule has 122 valence electrons. The number of aromatic nitrogens is 2. The van der Waals surface area contributed by atoms with Crippen molar-refractivity contribution in [2.24, 2.45) is 0 Å². The van der Waals surface area contributed by atoms with Gasteiger partial charge in [-0.15, -0.1) is 11.3 Å². The molecule has 0 saturated heterocycles. The van der Waals surface area contributed by atoms with Gasteiger partial charge in [0.2, 0.25) is 0 Å². The molecule has 0 aliphatic heterocycles. The van der Waals surface area contributed by atoms with Crippen LogP contribution in [-0.4, -0.2) is 31.2 Å². The number of thiazole rings is 1. The molecule has 0 radical (unpaired) electrons. The van der Waals surface area contributed by atoms with Crippen LogP contribution in [0.4, 0.5) is 5.13 Å². The SMILES string of the molecule is O=C(Nc1nc(-c2ccc(O)cc2O)cs1)c1ccc(CO)nc1. The second-order valence-electron chi connectivity index (χ2n) is 4.89. The highest BCUT2D eigenvalue weighted by Crippen LogP contribution is 2.33. The van der Waals surface area contributed by atoms with Crippen LogP contribution in [0, 0.1) is 0 Å². The van der Waals surface area contributed by atoms with E-state index >= 15 is 0 Å². The molecule has 2 aromatic heterocycles. The Labute approximate surface area is 140 Å². The van der Waals surface area contributed by atoms with E-state index in [0.717, 1.165) is 0 Å². The first-order valence-electron chi connectivity index (χ1n) is 6.92. The predicted molar refractivity (Wildman–Crippen MR) is 89.0 cm³/mol. The second kappa shape index (κ2) is 6.65. The number of hydrogen-bond acceptors (Lipinski definition) is 7. The van der Waals surface area contributed by atoms with E-state index in [-0.39, 0.29) is 24.0 Å². The summed E-state index contributed by atoms with van der Waals surface area (Å²) >= 11 is 1.21. The van der Waals surface area contributed by atoms with E-state index in [1.54, 1.807) is 23.6 Å². The average molecular weight is 343 g/mol. The molecule has 8 heteroatoms. The van der Waals surface area contributed by atoms with Crippen LogP contribution in [0.25, 0.3) is 11.3 Å². The molecule has 0 aliphatic rings. The molecule has 1 aromatic carbocycles. The highest BCUT2D eigenvalue weighted by atomic mass is 32.1. The average Bonchev–Trinajstić information content (AvgIpc) is 3.03. The third-order valence-corrected chi connectivity index (χ3v) is 3.99. The molecule has 24 heavy (non-hydrogen) atoms. The number of anilines is 1. The summed E-state index contributed by atoms with van der Waals surface area (Å²) in [6.45, 7) is -0.187. The molecule has 3 aromatic rings. The van der Waals surface area contributed by atoms with Crippen molar-refractivity contribution < 1.29 is 20.1 Å². The van der Waals surface area contributed by atoms with Crippen molar-refractivity contribution in [2.45, 2.75) is 6.61 Å². The fourth-order valence-electron chi connectivity index (χ4n) is 2.01. The van der Waals surface area contributed by atoms with Crippen molar-refractivity contribution in [1.29, 1.82) is 0 Å². The van der Waals surface area contributed by atoms with Gasteiger partial charge in [-0.3, -0.25) is 15.1 Å². The summed E-state index contributed by atoms with van der Waals surface area (Å²) in [6.07, 6.45) is 1.38. The summed E-state index contributed by atoms with van der Waals surface area (Å²) in [5.74, 6) is -0.511. The first-order valence-corrected chi connectivity index (χ1v) is 7.80. The lowest BCUT2D eigenvalue weighted by atomic mass is 10.1. The molecule has 1 amide bonds.